The number of hydrogen-bond acceptors (Lipinski definition) is 4. The van der Waals surface area contributed by atoms with Crippen molar-refractivity contribution in [1.29, 1.82) is 0 Å². The summed E-state index contributed by atoms with van der Waals surface area (Å²) in [7, 11) is -3.20. The summed E-state index contributed by atoms with van der Waals surface area (Å²) in [5.41, 5.74) is 4.66. The molecule has 1 heterocycles. The smallest absolute Gasteiger partial charge is 0.175 e. The van der Waals surface area contributed by atoms with Crippen molar-refractivity contribution < 1.29 is 12.9 Å². The van der Waals surface area contributed by atoms with Gasteiger partial charge in [-0.1, -0.05) is 47.1 Å². The average Bonchev–Trinajstić information content (AvgIpc) is 2.89. The second kappa shape index (κ2) is 5.66. The van der Waals surface area contributed by atoms with E-state index in [1.165, 1.54) is 11.8 Å². The van der Waals surface area contributed by atoms with Crippen LogP contribution in [-0.2, 0) is 9.84 Å². The van der Waals surface area contributed by atoms with E-state index in [2.05, 4.69) is 5.16 Å². The van der Waals surface area contributed by atoms with Crippen LogP contribution in [0.5, 0.6) is 0 Å². The van der Waals surface area contributed by atoms with Gasteiger partial charge in [-0.05, 0) is 31.5 Å². The Kier molecular flexibility index (Phi) is 3.82. The molecule has 0 aliphatic rings. The quantitative estimate of drug-likeness (QED) is 0.729. The van der Waals surface area contributed by atoms with E-state index in [9.17, 15) is 8.42 Å². The molecular formula is C18H17NO3S. The van der Waals surface area contributed by atoms with Crippen molar-refractivity contribution in [2.24, 2.45) is 0 Å². The molecule has 3 aromatic rings. The van der Waals surface area contributed by atoms with Crippen LogP contribution in [-0.4, -0.2) is 19.8 Å². The molecule has 3 rings (SSSR count). The van der Waals surface area contributed by atoms with Gasteiger partial charge in [0, 0.05) is 11.8 Å². The zero-order valence-electron chi connectivity index (χ0n) is 13.2. The summed E-state index contributed by atoms with van der Waals surface area (Å²) in [6.07, 6.45) is 1.20. The highest BCUT2D eigenvalue weighted by atomic mass is 32.2. The Labute approximate surface area is 135 Å². The van der Waals surface area contributed by atoms with Gasteiger partial charge in [0.05, 0.1) is 10.5 Å². The molecule has 4 nitrogen and oxygen atoms in total. The lowest BCUT2D eigenvalue weighted by molar-refractivity contribution is 0.400. The molecule has 0 unspecified atom stereocenters. The number of rotatable bonds is 3. The second-order valence-corrected chi connectivity index (χ2v) is 7.64. The molecule has 0 bridgehead atoms. The van der Waals surface area contributed by atoms with E-state index in [1.807, 2.05) is 38.1 Å². The summed E-state index contributed by atoms with van der Waals surface area (Å²) in [4.78, 5) is 0.298. The summed E-state index contributed by atoms with van der Waals surface area (Å²) in [5.74, 6) is 0.702. The van der Waals surface area contributed by atoms with E-state index in [-0.39, 0.29) is 0 Å². The minimum atomic E-state index is -3.20. The third-order valence-electron chi connectivity index (χ3n) is 3.76. The highest BCUT2D eigenvalue weighted by Crippen LogP contribution is 2.34. The molecule has 0 spiro atoms. The summed E-state index contributed by atoms with van der Waals surface area (Å²) in [6.45, 7) is 3.88. The summed E-state index contributed by atoms with van der Waals surface area (Å²) < 4.78 is 28.5. The molecule has 0 aliphatic heterocycles. The lowest BCUT2D eigenvalue weighted by Gasteiger charge is -2.05. The lowest BCUT2D eigenvalue weighted by Crippen LogP contribution is -1.96. The maximum Gasteiger partial charge on any atom is 0.175 e. The molecule has 0 saturated heterocycles. The first-order valence-electron chi connectivity index (χ1n) is 7.20. The molecule has 5 heteroatoms. The Morgan fingerprint density at radius 3 is 2.00 bits per heavy atom. The van der Waals surface area contributed by atoms with Gasteiger partial charge in [-0.25, -0.2) is 8.42 Å². The molecule has 0 amide bonds. The molecule has 1 aromatic heterocycles. The van der Waals surface area contributed by atoms with Crippen LogP contribution in [0.1, 0.15) is 11.3 Å². The van der Waals surface area contributed by atoms with Gasteiger partial charge in [0.15, 0.2) is 9.84 Å². The van der Waals surface area contributed by atoms with Crippen LogP contribution in [0.2, 0.25) is 0 Å². The number of aryl methyl sites for hydroxylation is 2. The fourth-order valence-electron chi connectivity index (χ4n) is 2.49. The Morgan fingerprint density at radius 1 is 0.870 bits per heavy atom. The standard InChI is InChI=1S/C18H17NO3S/c1-12-4-6-15(7-5-12)18-17(13(2)22-19-18)14-8-10-16(11-9-14)23(3,20)21/h4-11H,1-3H3. The van der Waals surface area contributed by atoms with Crippen LogP contribution in [0.25, 0.3) is 22.4 Å². The van der Waals surface area contributed by atoms with E-state index in [1.54, 1.807) is 24.3 Å². The normalized spacial score (nSPS) is 11.6. The lowest BCUT2D eigenvalue weighted by atomic mass is 9.99. The Balaban J connectivity index is 2.10. The van der Waals surface area contributed by atoms with Crippen molar-refractivity contribution in [2.75, 3.05) is 6.26 Å². The number of benzene rings is 2. The highest BCUT2D eigenvalue weighted by molar-refractivity contribution is 7.90. The van der Waals surface area contributed by atoms with Crippen molar-refractivity contribution in [1.82, 2.24) is 5.16 Å². The molecule has 0 N–H and O–H groups in total. The van der Waals surface area contributed by atoms with Crippen LogP contribution in [0, 0.1) is 13.8 Å². The number of aromatic nitrogens is 1. The summed E-state index contributed by atoms with van der Waals surface area (Å²) in [6, 6.07) is 14.8. The van der Waals surface area contributed by atoms with Crippen LogP contribution in [0.4, 0.5) is 0 Å². The number of hydrogen-bond donors (Lipinski definition) is 0. The fourth-order valence-corrected chi connectivity index (χ4v) is 3.12. The van der Waals surface area contributed by atoms with Crippen molar-refractivity contribution in [3.8, 4) is 22.4 Å². The monoisotopic (exact) mass is 327 g/mol. The van der Waals surface area contributed by atoms with Gasteiger partial charge in [-0.15, -0.1) is 0 Å². The van der Waals surface area contributed by atoms with Gasteiger partial charge >= 0.3 is 0 Å². The Morgan fingerprint density at radius 2 is 1.43 bits per heavy atom. The fraction of sp³-hybridized carbons (Fsp3) is 0.167. The molecule has 0 radical (unpaired) electrons. The van der Waals surface area contributed by atoms with Gasteiger partial charge in [0.25, 0.3) is 0 Å². The van der Waals surface area contributed by atoms with Crippen LogP contribution < -0.4 is 0 Å². The number of sulfone groups is 1. The maximum atomic E-state index is 11.6. The maximum absolute atomic E-state index is 11.6. The van der Waals surface area contributed by atoms with Gasteiger partial charge < -0.3 is 4.52 Å². The molecule has 0 saturated carbocycles. The third-order valence-corrected chi connectivity index (χ3v) is 4.89. The minimum Gasteiger partial charge on any atom is -0.360 e. The molecule has 0 aliphatic carbocycles. The molecule has 2 aromatic carbocycles. The first kappa shape index (κ1) is 15.5. The largest absolute Gasteiger partial charge is 0.360 e. The van der Waals surface area contributed by atoms with Gasteiger partial charge in [-0.2, -0.15) is 0 Å². The molecule has 118 valence electrons. The number of nitrogens with zero attached hydrogens (tertiary/aromatic N) is 1. The molecular weight excluding hydrogens is 310 g/mol. The van der Waals surface area contributed by atoms with E-state index < -0.39 is 9.84 Å². The Bertz CT molecular complexity index is 937. The predicted octanol–water partition coefficient (Wildman–Crippen LogP) is 4.03. The van der Waals surface area contributed by atoms with Crippen molar-refractivity contribution in [3.63, 3.8) is 0 Å². The van der Waals surface area contributed by atoms with E-state index in [0.29, 0.717) is 10.7 Å². The minimum absolute atomic E-state index is 0.298. The van der Waals surface area contributed by atoms with E-state index in [0.717, 1.165) is 22.4 Å². The van der Waals surface area contributed by atoms with Crippen molar-refractivity contribution >= 4 is 9.84 Å². The van der Waals surface area contributed by atoms with E-state index in [4.69, 9.17) is 4.52 Å². The zero-order valence-corrected chi connectivity index (χ0v) is 14.0. The first-order chi connectivity index (χ1) is 10.9. The predicted molar refractivity (Wildman–Crippen MR) is 90.0 cm³/mol. The summed E-state index contributed by atoms with van der Waals surface area (Å²) >= 11 is 0. The van der Waals surface area contributed by atoms with Gasteiger partial charge in [0.1, 0.15) is 11.5 Å². The highest BCUT2D eigenvalue weighted by Gasteiger charge is 2.17. The molecule has 0 fully saturated rings. The average molecular weight is 327 g/mol. The van der Waals surface area contributed by atoms with Gasteiger partial charge in [-0.3, -0.25) is 0 Å². The summed E-state index contributed by atoms with van der Waals surface area (Å²) in [5, 5.41) is 4.17. The van der Waals surface area contributed by atoms with Gasteiger partial charge in [0.2, 0.25) is 0 Å². The van der Waals surface area contributed by atoms with Crippen molar-refractivity contribution in [2.45, 2.75) is 18.7 Å². The zero-order chi connectivity index (χ0) is 16.6. The SMILES string of the molecule is Cc1ccc(-c2noc(C)c2-c2ccc(S(C)(=O)=O)cc2)cc1. The van der Waals surface area contributed by atoms with Crippen LogP contribution >= 0.6 is 0 Å². The van der Waals surface area contributed by atoms with E-state index >= 15 is 0 Å². The van der Waals surface area contributed by atoms with Crippen LogP contribution in [0.15, 0.2) is 57.9 Å². The molecule has 23 heavy (non-hydrogen) atoms. The second-order valence-electron chi connectivity index (χ2n) is 5.62. The third kappa shape index (κ3) is 3.05. The van der Waals surface area contributed by atoms with Crippen molar-refractivity contribution in [3.05, 3.63) is 59.9 Å². The van der Waals surface area contributed by atoms with Crippen LogP contribution in [0.3, 0.4) is 0 Å². The first-order valence-corrected chi connectivity index (χ1v) is 9.09. The molecule has 0 atom stereocenters. The Hall–Kier alpha value is -2.40. The topological polar surface area (TPSA) is 60.2 Å².